The number of benzene rings is 1. The number of rotatable bonds is 6. The van der Waals surface area contributed by atoms with Crippen molar-refractivity contribution in [1.82, 2.24) is 10.2 Å². The van der Waals surface area contributed by atoms with Gasteiger partial charge in [0.1, 0.15) is 17.3 Å². The van der Waals surface area contributed by atoms with Crippen LogP contribution < -0.4 is 15.8 Å². The van der Waals surface area contributed by atoms with Crippen LogP contribution in [0.25, 0.3) is 0 Å². The van der Waals surface area contributed by atoms with Gasteiger partial charge in [0.15, 0.2) is 0 Å². The van der Waals surface area contributed by atoms with Gasteiger partial charge in [0.2, 0.25) is 5.91 Å². The summed E-state index contributed by atoms with van der Waals surface area (Å²) in [5, 5.41) is 2.95. The van der Waals surface area contributed by atoms with E-state index < -0.39 is 0 Å². The topological polar surface area (TPSA) is 67.6 Å². The minimum atomic E-state index is 0.0349. The second kappa shape index (κ2) is 7.38. The highest BCUT2D eigenvalue weighted by atomic mass is 32.1. The molecule has 1 fully saturated rings. The van der Waals surface area contributed by atoms with Crippen LogP contribution in [0, 0.1) is 0 Å². The number of nitrogens with two attached hydrogens (primary N) is 1. The fourth-order valence-electron chi connectivity index (χ4n) is 2.47. The lowest BCUT2D eigenvalue weighted by atomic mass is 10.2. The van der Waals surface area contributed by atoms with E-state index in [1.54, 1.807) is 6.92 Å². The van der Waals surface area contributed by atoms with Crippen molar-refractivity contribution in [2.24, 2.45) is 5.73 Å². The molecule has 1 aromatic carbocycles. The van der Waals surface area contributed by atoms with Crippen LogP contribution >= 0.6 is 12.2 Å². The quantitative estimate of drug-likeness (QED) is 0.765. The van der Waals surface area contributed by atoms with E-state index in [9.17, 15) is 4.79 Å². The van der Waals surface area contributed by atoms with Crippen molar-refractivity contribution in [3.05, 3.63) is 29.8 Å². The molecular formula is C15H21N3O2S. The highest BCUT2D eigenvalue weighted by Crippen LogP contribution is 2.14. The lowest BCUT2D eigenvalue weighted by Gasteiger charge is -2.16. The van der Waals surface area contributed by atoms with Crippen LogP contribution in [-0.4, -0.2) is 48.1 Å². The Kier molecular flexibility index (Phi) is 5.52. The number of ether oxygens (including phenoxy) is 1. The zero-order valence-corrected chi connectivity index (χ0v) is 13.0. The van der Waals surface area contributed by atoms with Crippen LogP contribution in [0.2, 0.25) is 0 Å². The predicted molar refractivity (Wildman–Crippen MR) is 86.5 cm³/mol. The Morgan fingerprint density at radius 1 is 1.57 bits per heavy atom. The molecule has 0 bridgehead atoms. The summed E-state index contributed by atoms with van der Waals surface area (Å²) in [6.45, 7) is 4.87. The van der Waals surface area contributed by atoms with Gasteiger partial charge in [0, 0.05) is 38.2 Å². The van der Waals surface area contributed by atoms with Gasteiger partial charge in [-0.1, -0.05) is 24.4 Å². The summed E-state index contributed by atoms with van der Waals surface area (Å²) in [5.74, 6) is 0.811. The molecule has 114 valence electrons. The van der Waals surface area contributed by atoms with E-state index in [-0.39, 0.29) is 11.9 Å². The Morgan fingerprint density at radius 2 is 2.38 bits per heavy atom. The summed E-state index contributed by atoms with van der Waals surface area (Å²) >= 11 is 4.95. The van der Waals surface area contributed by atoms with Gasteiger partial charge in [0.05, 0.1) is 0 Å². The number of hydrogen-bond acceptors (Lipinski definition) is 4. The van der Waals surface area contributed by atoms with Crippen LogP contribution in [0.15, 0.2) is 24.3 Å². The van der Waals surface area contributed by atoms with Gasteiger partial charge in [-0.3, -0.25) is 9.69 Å². The molecule has 21 heavy (non-hydrogen) atoms. The van der Waals surface area contributed by atoms with E-state index in [1.807, 2.05) is 24.3 Å². The standard InChI is InChI=1S/C15H21N3O2S/c1-11(19)17-13-5-6-18(10-13)7-8-20-14-4-2-3-12(9-14)15(16)21/h2-4,9,13H,5-8,10H2,1H3,(H2,16,21)(H,17,19). The SMILES string of the molecule is CC(=O)NC1CCN(CCOc2cccc(C(N)=S)c2)C1. The second-order valence-corrected chi connectivity index (χ2v) is 5.67. The van der Waals surface area contributed by atoms with E-state index in [2.05, 4.69) is 10.2 Å². The number of hydrogen-bond donors (Lipinski definition) is 2. The first kappa shape index (κ1) is 15.7. The summed E-state index contributed by atoms with van der Waals surface area (Å²) < 4.78 is 5.73. The lowest BCUT2D eigenvalue weighted by molar-refractivity contribution is -0.119. The maximum Gasteiger partial charge on any atom is 0.217 e. The smallest absolute Gasteiger partial charge is 0.217 e. The zero-order valence-electron chi connectivity index (χ0n) is 12.2. The van der Waals surface area contributed by atoms with Crippen molar-refractivity contribution in [3.63, 3.8) is 0 Å². The monoisotopic (exact) mass is 307 g/mol. The molecule has 1 aliphatic rings. The normalized spacial score (nSPS) is 18.4. The number of likely N-dealkylation sites (tertiary alicyclic amines) is 1. The van der Waals surface area contributed by atoms with Crippen molar-refractivity contribution in [2.75, 3.05) is 26.2 Å². The number of carbonyl (C=O) groups excluding carboxylic acids is 1. The van der Waals surface area contributed by atoms with Gasteiger partial charge >= 0.3 is 0 Å². The molecule has 0 aromatic heterocycles. The molecule has 1 aromatic rings. The Morgan fingerprint density at radius 3 is 3.10 bits per heavy atom. The fourth-order valence-corrected chi connectivity index (χ4v) is 2.60. The average Bonchev–Trinajstić information content (AvgIpc) is 2.86. The molecule has 0 spiro atoms. The lowest BCUT2D eigenvalue weighted by Crippen LogP contribution is -2.36. The molecule has 1 atom stereocenters. The molecule has 1 saturated heterocycles. The molecule has 0 aliphatic carbocycles. The van der Waals surface area contributed by atoms with E-state index in [0.29, 0.717) is 11.6 Å². The third-order valence-corrected chi connectivity index (χ3v) is 3.71. The molecule has 5 nitrogen and oxygen atoms in total. The largest absolute Gasteiger partial charge is 0.492 e. The first-order chi connectivity index (χ1) is 10.0. The second-order valence-electron chi connectivity index (χ2n) is 5.23. The number of thiocarbonyl (C=S) groups is 1. The Hall–Kier alpha value is -1.66. The molecule has 1 aliphatic heterocycles. The predicted octanol–water partition coefficient (Wildman–Crippen LogP) is 0.910. The molecular weight excluding hydrogens is 286 g/mol. The molecule has 0 radical (unpaired) electrons. The van der Waals surface area contributed by atoms with Crippen LogP contribution in [0.3, 0.4) is 0 Å². The molecule has 0 saturated carbocycles. The van der Waals surface area contributed by atoms with Gasteiger partial charge < -0.3 is 15.8 Å². The van der Waals surface area contributed by atoms with Crippen molar-refractivity contribution >= 4 is 23.1 Å². The first-order valence-electron chi connectivity index (χ1n) is 7.06. The molecule has 1 amide bonds. The van der Waals surface area contributed by atoms with Crippen molar-refractivity contribution in [1.29, 1.82) is 0 Å². The van der Waals surface area contributed by atoms with E-state index >= 15 is 0 Å². The highest BCUT2D eigenvalue weighted by molar-refractivity contribution is 7.80. The Balaban J connectivity index is 1.74. The van der Waals surface area contributed by atoms with Gasteiger partial charge in [-0.05, 0) is 18.6 Å². The molecule has 6 heteroatoms. The maximum absolute atomic E-state index is 11.0. The Bertz CT molecular complexity index is 521. The van der Waals surface area contributed by atoms with Gasteiger partial charge in [-0.25, -0.2) is 0 Å². The molecule has 1 heterocycles. The highest BCUT2D eigenvalue weighted by Gasteiger charge is 2.22. The number of nitrogens with zero attached hydrogens (tertiary/aromatic N) is 1. The Labute approximate surface area is 130 Å². The third-order valence-electron chi connectivity index (χ3n) is 3.47. The van der Waals surface area contributed by atoms with Crippen molar-refractivity contribution < 1.29 is 9.53 Å². The number of nitrogens with one attached hydrogen (secondary N) is 1. The van der Waals surface area contributed by atoms with Crippen molar-refractivity contribution in [2.45, 2.75) is 19.4 Å². The summed E-state index contributed by atoms with van der Waals surface area (Å²) in [4.78, 5) is 13.7. The first-order valence-corrected chi connectivity index (χ1v) is 7.47. The minimum Gasteiger partial charge on any atom is -0.492 e. The summed E-state index contributed by atoms with van der Waals surface area (Å²) in [7, 11) is 0. The number of amides is 1. The average molecular weight is 307 g/mol. The molecule has 1 unspecified atom stereocenters. The summed E-state index contributed by atoms with van der Waals surface area (Å²) in [6.07, 6.45) is 0.997. The van der Waals surface area contributed by atoms with Crippen LogP contribution in [0.1, 0.15) is 18.9 Å². The fraction of sp³-hybridized carbons (Fsp3) is 0.467. The van der Waals surface area contributed by atoms with Gasteiger partial charge in [-0.2, -0.15) is 0 Å². The van der Waals surface area contributed by atoms with Crippen LogP contribution in [0.4, 0.5) is 0 Å². The summed E-state index contributed by atoms with van der Waals surface area (Å²) in [5.41, 5.74) is 6.41. The van der Waals surface area contributed by atoms with Crippen molar-refractivity contribution in [3.8, 4) is 5.75 Å². The van der Waals surface area contributed by atoms with Crippen LogP contribution in [0.5, 0.6) is 5.75 Å². The van der Waals surface area contributed by atoms with Crippen LogP contribution in [-0.2, 0) is 4.79 Å². The van der Waals surface area contributed by atoms with E-state index in [4.69, 9.17) is 22.7 Å². The maximum atomic E-state index is 11.0. The number of carbonyl (C=O) groups is 1. The zero-order chi connectivity index (χ0) is 15.2. The minimum absolute atomic E-state index is 0.0349. The molecule has 2 rings (SSSR count). The van der Waals surface area contributed by atoms with Gasteiger partial charge in [0.25, 0.3) is 0 Å². The summed E-state index contributed by atoms with van der Waals surface area (Å²) in [6, 6.07) is 7.76. The van der Waals surface area contributed by atoms with E-state index in [0.717, 1.165) is 37.4 Å². The molecule has 3 N–H and O–H groups in total. The van der Waals surface area contributed by atoms with E-state index in [1.165, 1.54) is 0 Å². The van der Waals surface area contributed by atoms with Gasteiger partial charge in [-0.15, -0.1) is 0 Å². The third kappa shape index (κ3) is 4.99.